The molecule has 0 amide bonds. The average molecular weight is 291 g/mol. The van der Waals surface area contributed by atoms with E-state index in [9.17, 15) is 0 Å². The van der Waals surface area contributed by atoms with Gasteiger partial charge in [0, 0.05) is 45.6 Å². The van der Waals surface area contributed by atoms with Crippen molar-refractivity contribution in [3.05, 3.63) is 36.3 Å². The molecular weight excluding hydrogens is 270 g/mol. The highest BCUT2D eigenvalue weighted by Gasteiger charge is 2.10. The molecule has 0 saturated heterocycles. The van der Waals surface area contributed by atoms with E-state index in [0.717, 1.165) is 17.9 Å². The van der Waals surface area contributed by atoms with Gasteiger partial charge in [0.15, 0.2) is 0 Å². The fourth-order valence-electron chi connectivity index (χ4n) is 2.11. The van der Waals surface area contributed by atoms with Gasteiger partial charge in [0.05, 0.1) is 12.3 Å². The van der Waals surface area contributed by atoms with Crippen molar-refractivity contribution in [2.75, 3.05) is 26.8 Å². The van der Waals surface area contributed by atoms with E-state index in [1.54, 1.807) is 7.11 Å². The van der Waals surface area contributed by atoms with Gasteiger partial charge in [0.2, 0.25) is 0 Å². The van der Waals surface area contributed by atoms with E-state index in [0.29, 0.717) is 26.1 Å². The molecule has 21 heavy (non-hydrogen) atoms. The summed E-state index contributed by atoms with van der Waals surface area (Å²) in [6, 6.07) is 5.91. The number of hydrogen-bond donors (Lipinski definition) is 2. The smallest absolute Gasteiger partial charge is 0.140 e. The first-order valence-corrected chi connectivity index (χ1v) is 6.83. The van der Waals surface area contributed by atoms with Crippen LogP contribution in [0.1, 0.15) is 12.1 Å². The van der Waals surface area contributed by atoms with Gasteiger partial charge >= 0.3 is 0 Å². The Hall–Kier alpha value is -2.12. The highest BCUT2D eigenvalue weighted by atomic mass is 16.5. The summed E-state index contributed by atoms with van der Waals surface area (Å²) in [5, 5.41) is 11.6. The van der Waals surface area contributed by atoms with Crippen molar-refractivity contribution in [3.8, 4) is 0 Å². The number of methoxy groups -OCH3 is 1. The van der Waals surface area contributed by atoms with Crippen LogP contribution >= 0.6 is 0 Å². The van der Waals surface area contributed by atoms with Crippen LogP contribution in [0.15, 0.2) is 35.7 Å². The van der Waals surface area contributed by atoms with E-state index in [1.807, 2.05) is 35.0 Å². The molecule has 0 bridgehead atoms. The largest absolute Gasteiger partial charge is 0.409 e. The maximum atomic E-state index is 8.61. The number of hydrogen-bond acceptors (Lipinski definition) is 5. The van der Waals surface area contributed by atoms with Crippen LogP contribution in [0.2, 0.25) is 0 Å². The second-order valence-electron chi connectivity index (χ2n) is 4.81. The fourth-order valence-corrected chi connectivity index (χ4v) is 2.11. The standard InChI is InChI=1S/C14H21N5O2/c1-21-9-8-18(7-5-13(15)17-20)10-12-11-19-6-3-2-4-14(19)16-12/h2-4,6,11,20H,5,7-10H2,1H3,(H2,15,17). The second kappa shape index (κ2) is 7.61. The first kappa shape index (κ1) is 15.3. The highest BCUT2D eigenvalue weighted by molar-refractivity contribution is 5.79. The number of aromatic nitrogens is 2. The van der Waals surface area contributed by atoms with Gasteiger partial charge in [-0.05, 0) is 12.1 Å². The second-order valence-corrected chi connectivity index (χ2v) is 4.81. The molecule has 0 aromatic carbocycles. The summed E-state index contributed by atoms with van der Waals surface area (Å²) < 4.78 is 7.12. The number of imidazole rings is 1. The lowest BCUT2D eigenvalue weighted by atomic mass is 10.3. The van der Waals surface area contributed by atoms with Crippen LogP contribution in [0.3, 0.4) is 0 Å². The van der Waals surface area contributed by atoms with Gasteiger partial charge in [-0.15, -0.1) is 0 Å². The Morgan fingerprint density at radius 2 is 2.33 bits per heavy atom. The molecule has 0 atom stereocenters. The molecule has 0 aliphatic heterocycles. The van der Waals surface area contributed by atoms with Crippen molar-refractivity contribution in [2.24, 2.45) is 10.9 Å². The molecule has 0 spiro atoms. The molecule has 0 aliphatic carbocycles. The van der Waals surface area contributed by atoms with Gasteiger partial charge in [-0.2, -0.15) is 0 Å². The minimum absolute atomic E-state index is 0.229. The first-order chi connectivity index (χ1) is 10.2. The Bertz CT molecular complexity index is 563. The van der Waals surface area contributed by atoms with Crippen molar-refractivity contribution < 1.29 is 9.94 Å². The van der Waals surface area contributed by atoms with Crippen molar-refractivity contribution in [2.45, 2.75) is 13.0 Å². The van der Waals surface area contributed by atoms with Crippen LogP contribution in [-0.2, 0) is 11.3 Å². The zero-order valence-electron chi connectivity index (χ0n) is 12.1. The molecule has 2 aromatic rings. The lowest BCUT2D eigenvalue weighted by Gasteiger charge is -2.20. The van der Waals surface area contributed by atoms with Crippen LogP contribution in [-0.4, -0.2) is 52.1 Å². The summed E-state index contributed by atoms with van der Waals surface area (Å²) in [6.45, 7) is 2.78. The third kappa shape index (κ3) is 4.44. The van der Waals surface area contributed by atoms with Crippen molar-refractivity contribution in [3.63, 3.8) is 0 Å². The minimum Gasteiger partial charge on any atom is -0.409 e. The van der Waals surface area contributed by atoms with Crippen LogP contribution < -0.4 is 5.73 Å². The third-order valence-corrected chi connectivity index (χ3v) is 3.22. The zero-order valence-corrected chi connectivity index (χ0v) is 12.1. The number of pyridine rings is 1. The summed E-state index contributed by atoms with van der Waals surface area (Å²) in [6.07, 6.45) is 4.49. The predicted molar refractivity (Wildman–Crippen MR) is 80.4 cm³/mol. The first-order valence-electron chi connectivity index (χ1n) is 6.83. The summed E-state index contributed by atoms with van der Waals surface area (Å²) in [5.74, 6) is 0.229. The summed E-state index contributed by atoms with van der Waals surface area (Å²) in [7, 11) is 1.67. The van der Waals surface area contributed by atoms with Gasteiger partial charge in [0.1, 0.15) is 11.5 Å². The SMILES string of the molecule is COCCN(CCC(N)=NO)Cc1cn2ccccc2n1. The molecule has 2 rings (SSSR count). The van der Waals surface area contributed by atoms with Crippen molar-refractivity contribution in [1.29, 1.82) is 0 Å². The van der Waals surface area contributed by atoms with Gasteiger partial charge in [0.25, 0.3) is 0 Å². The molecule has 3 N–H and O–H groups in total. The fraction of sp³-hybridized carbons (Fsp3) is 0.429. The molecule has 0 unspecified atom stereocenters. The van der Waals surface area contributed by atoms with E-state index in [-0.39, 0.29) is 5.84 Å². The van der Waals surface area contributed by atoms with Crippen molar-refractivity contribution in [1.82, 2.24) is 14.3 Å². The van der Waals surface area contributed by atoms with Crippen LogP contribution in [0, 0.1) is 0 Å². The Labute approximate surface area is 123 Å². The van der Waals surface area contributed by atoms with Gasteiger partial charge in [-0.1, -0.05) is 11.2 Å². The highest BCUT2D eigenvalue weighted by Crippen LogP contribution is 2.08. The Kier molecular flexibility index (Phi) is 5.53. The van der Waals surface area contributed by atoms with Crippen LogP contribution in [0.4, 0.5) is 0 Å². The van der Waals surface area contributed by atoms with E-state index in [2.05, 4.69) is 15.0 Å². The third-order valence-electron chi connectivity index (χ3n) is 3.22. The summed E-state index contributed by atoms with van der Waals surface area (Å²) in [5.41, 5.74) is 7.44. The summed E-state index contributed by atoms with van der Waals surface area (Å²) >= 11 is 0. The molecular formula is C14H21N5O2. The quantitative estimate of drug-likeness (QED) is 0.327. The Morgan fingerprint density at radius 1 is 1.48 bits per heavy atom. The number of amidine groups is 1. The number of oxime groups is 1. The zero-order chi connectivity index (χ0) is 15.1. The number of fused-ring (bicyclic) bond motifs is 1. The lowest BCUT2D eigenvalue weighted by molar-refractivity contribution is 0.145. The molecule has 2 aromatic heterocycles. The van der Waals surface area contributed by atoms with Crippen LogP contribution in [0.25, 0.3) is 5.65 Å². The van der Waals surface area contributed by atoms with E-state index in [4.69, 9.17) is 15.7 Å². The van der Waals surface area contributed by atoms with Crippen molar-refractivity contribution >= 4 is 11.5 Å². The van der Waals surface area contributed by atoms with Crippen LogP contribution in [0.5, 0.6) is 0 Å². The monoisotopic (exact) mass is 291 g/mol. The molecule has 7 heteroatoms. The minimum atomic E-state index is 0.229. The topological polar surface area (TPSA) is 88.4 Å². The normalized spacial score (nSPS) is 12.4. The van der Waals surface area contributed by atoms with E-state index < -0.39 is 0 Å². The van der Waals surface area contributed by atoms with E-state index in [1.165, 1.54) is 0 Å². The van der Waals surface area contributed by atoms with Gasteiger partial charge in [-0.25, -0.2) is 4.98 Å². The maximum Gasteiger partial charge on any atom is 0.140 e. The molecule has 114 valence electrons. The number of ether oxygens (including phenoxy) is 1. The molecule has 2 heterocycles. The number of nitrogens with two attached hydrogens (primary N) is 1. The lowest BCUT2D eigenvalue weighted by Crippen LogP contribution is -2.31. The van der Waals surface area contributed by atoms with Gasteiger partial charge in [-0.3, -0.25) is 4.90 Å². The Balaban J connectivity index is 2.02. The molecule has 0 aliphatic rings. The van der Waals surface area contributed by atoms with E-state index >= 15 is 0 Å². The molecule has 0 saturated carbocycles. The molecule has 0 radical (unpaired) electrons. The molecule has 0 fully saturated rings. The Morgan fingerprint density at radius 3 is 3.05 bits per heavy atom. The summed E-state index contributed by atoms with van der Waals surface area (Å²) in [4.78, 5) is 6.75. The predicted octanol–water partition coefficient (Wildman–Crippen LogP) is 0.919. The molecule has 7 nitrogen and oxygen atoms in total. The number of nitrogens with zero attached hydrogens (tertiary/aromatic N) is 4. The maximum absolute atomic E-state index is 8.61. The number of rotatable bonds is 8. The average Bonchev–Trinajstić information content (AvgIpc) is 2.91. The van der Waals surface area contributed by atoms with Gasteiger partial charge < -0.3 is 20.1 Å².